The molecule has 1 aliphatic carbocycles. The number of alkyl halides is 1. The van der Waals surface area contributed by atoms with Gasteiger partial charge >= 0.3 is 0 Å². The zero-order valence-corrected chi connectivity index (χ0v) is 15.7. The molecule has 0 heterocycles. The van der Waals surface area contributed by atoms with Gasteiger partial charge in [-0.15, -0.1) is 0 Å². The van der Waals surface area contributed by atoms with Crippen LogP contribution in [0, 0.1) is 10.8 Å². The van der Waals surface area contributed by atoms with Gasteiger partial charge in [0.1, 0.15) is 5.75 Å². The number of rotatable bonds is 6. The highest BCUT2D eigenvalue weighted by Gasteiger charge is 2.42. The highest BCUT2D eigenvalue weighted by Crippen LogP contribution is 2.47. The zero-order chi connectivity index (χ0) is 15.7. The highest BCUT2D eigenvalue weighted by molar-refractivity contribution is 9.09. The van der Waals surface area contributed by atoms with Gasteiger partial charge in [0.15, 0.2) is 0 Å². The van der Waals surface area contributed by atoms with Crippen LogP contribution in [0.3, 0.4) is 0 Å². The van der Waals surface area contributed by atoms with Gasteiger partial charge in [0.2, 0.25) is 0 Å². The molecule has 2 heteroatoms. The van der Waals surface area contributed by atoms with Gasteiger partial charge < -0.3 is 4.74 Å². The fourth-order valence-electron chi connectivity index (χ4n) is 3.16. The van der Waals surface area contributed by atoms with E-state index in [0.717, 1.165) is 17.7 Å². The number of hydrogen-bond acceptors (Lipinski definition) is 1. The minimum absolute atomic E-state index is 0.199. The molecular weight excluding hydrogens is 324 g/mol. The van der Waals surface area contributed by atoms with E-state index in [-0.39, 0.29) is 5.41 Å². The predicted octanol–water partition coefficient (Wildman–Crippen LogP) is 5.95. The first-order chi connectivity index (χ1) is 9.66. The van der Waals surface area contributed by atoms with E-state index in [4.69, 9.17) is 4.74 Å². The lowest BCUT2D eigenvalue weighted by Crippen LogP contribution is -2.24. The maximum atomic E-state index is 5.96. The van der Waals surface area contributed by atoms with Crippen molar-refractivity contribution in [2.75, 3.05) is 11.9 Å². The van der Waals surface area contributed by atoms with Crippen LogP contribution in [0.4, 0.5) is 0 Å². The Hall–Kier alpha value is -0.500. The molecule has 0 radical (unpaired) electrons. The van der Waals surface area contributed by atoms with Crippen molar-refractivity contribution >= 4 is 15.9 Å². The lowest BCUT2D eigenvalue weighted by Gasteiger charge is -2.33. The summed E-state index contributed by atoms with van der Waals surface area (Å²) in [5.74, 6) is 0.998. The van der Waals surface area contributed by atoms with Crippen LogP contribution >= 0.6 is 15.9 Å². The van der Waals surface area contributed by atoms with Crippen LogP contribution in [0.5, 0.6) is 5.75 Å². The third kappa shape index (κ3) is 4.74. The van der Waals surface area contributed by atoms with E-state index in [1.54, 1.807) is 0 Å². The number of benzene rings is 1. The number of ether oxygens (including phenoxy) is 1. The van der Waals surface area contributed by atoms with Crippen LogP contribution in [-0.2, 0) is 5.41 Å². The Morgan fingerprint density at radius 2 is 1.62 bits per heavy atom. The van der Waals surface area contributed by atoms with Gasteiger partial charge in [-0.2, -0.15) is 0 Å². The van der Waals surface area contributed by atoms with Crippen molar-refractivity contribution in [3.8, 4) is 5.75 Å². The molecule has 0 saturated heterocycles. The minimum atomic E-state index is 0.199. The molecule has 1 aliphatic rings. The monoisotopic (exact) mass is 352 g/mol. The standard InChI is InChI=1S/C19H29BrO/c1-17(2,3)12-18(4,5)15-6-8-16(9-7-15)21-14-19(13-20)10-11-19/h6-9H,10-14H2,1-5H3. The lowest BCUT2D eigenvalue weighted by molar-refractivity contribution is 0.250. The molecule has 2 rings (SSSR count). The van der Waals surface area contributed by atoms with E-state index in [1.165, 1.54) is 24.8 Å². The normalized spacial score (nSPS) is 17.6. The third-order valence-corrected chi connectivity index (χ3v) is 5.58. The zero-order valence-electron chi connectivity index (χ0n) is 14.1. The number of halogens is 1. The molecule has 0 unspecified atom stereocenters. The summed E-state index contributed by atoms with van der Waals surface area (Å²) in [7, 11) is 0. The molecular formula is C19H29BrO. The Morgan fingerprint density at radius 3 is 2.05 bits per heavy atom. The van der Waals surface area contributed by atoms with Crippen LogP contribution < -0.4 is 4.74 Å². The Kier molecular flexibility index (Phi) is 4.78. The first-order valence-corrected chi connectivity index (χ1v) is 9.07. The summed E-state index contributed by atoms with van der Waals surface area (Å²) in [6.45, 7) is 12.4. The molecule has 1 fully saturated rings. The summed E-state index contributed by atoms with van der Waals surface area (Å²) < 4.78 is 5.96. The largest absolute Gasteiger partial charge is 0.493 e. The van der Waals surface area contributed by atoms with E-state index in [2.05, 4.69) is 74.8 Å². The SMILES string of the molecule is CC(C)(C)CC(C)(C)c1ccc(OCC2(CBr)CC2)cc1. The molecule has 0 spiro atoms. The smallest absolute Gasteiger partial charge is 0.119 e. The van der Waals surface area contributed by atoms with Gasteiger partial charge in [0, 0.05) is 10.7 Å². The van der Waals surface area contributed by atoms with Crippen molar-refractivity contribution < 1.29 is 4.74 Å². The Bertz CT molecular complexity index is 463. The Labute approximate surface area is 138 Å². The van der Waals surface area contributed by atoms with Crippen molar-refractivity contribution in [1.29, 1.82) is 0 Å². The second-order valence-electron chi connectivity index (χ2n) is 8.57. The number of hydrogen-bond donors (Lipinski definition) is 0. The summed E-state index contributed by atoms with van der Waals surface area (Å²) in [6.07, 6.45) is 3.75. The first kappa shape index (κ1) is 16.9. The van der Waals surface area contributed by atoms with Gasteiger partial charge in [-0.1, -0.05) is 62.7 Å². The molecule has 0 amide bonds. The summed E-state index contributed by atoms with van der Waals surface area (Å²) >= 11 is 3.59. The summed E-state index contributed by atoms with van der Waals surface area (Å²) in [5.41, 5.74) is 2.34. The van der Waals surface area contributed by atoms with Crippen LogP contribution in [0.15, 0.2) is 24.3 Å². The van der Waals surface area contributed by atoms with Gasteiger partial charge in [0.05, 0.1) is 6.61 Å². The van der Waals surface area contributed by atoms with Crippen LogP contribution in [0.2, 0.25) is 0 Å². The minimum Gasteiger partial charge on any atom is -0.493 e. The first-order valence-electron chi connectivity index (χ1n) is 7.95. The molecule has 0 atom stereocenters. The highest BCUT2D eigenvalue weighted by atomic mass is 79.9. The van der Waals surface area contributed by atoms with E-state index < -0.39 is 0 Å². The van der Waals surface area contributed by atoms with Crippen molar-refractivity contribution in [2.45, 2.75) is 59.3 Å². The molecule has 1 saturated carbocycles. The predicted molar refractivity (Wildman–Crippen MR) is 94.5 cm³/mol. The van der Waals surface area contributed by atoms with Crippen molar-refractivity contribution in [3.05, 3.63) is 29.8 Å². The fraction of sp³-hybridized carbons (Fsp3) is 0.684. The fourth-order valence-corrected chi connectivity index (χ4v) is 3.88. The van der Waals surface area contributed by atoms with Gasteiger partial charge in [-0.25, -0.2) is 0 Å². The molecule has 0 aromatic heterocycles. The molecule has 0 bridgehead atoms. The van der Waals surface area contributed by atoms with Gasteiger partial charge in [-0.05, 0) is 47.8 Å². The van der Waals surface area contributed by atoms with Gasteiger partial charge in [-0.3, -0.25) is 0 Å². The van der Waals surface area contributed by atoms with Crippen molar-refractivity contribution in [3.63, 3.8) is 0 Å². The van der Waals surface area contributed by atoms with E-state index in [1.807, 2.05) is 0 Å². The quantitative estimate of drug-likeness (QED) is 0.574. The Balaban J connectivity index is 1.98. The maximum Gasteiger partial charge on any atom is 0.119 e. The molecule has 0 aliphatic heterocycles. The molecule has 1 aromatic carbocycles. The van der Waals surface area contributed by atoms with E-state index >= 15 is 0 Å². The van der Waals surface area contributed by atoms with Crippen LogP contribution in [-0.4, -0.2) is 11.9 Å². The topological polar surface area (TPSA) is 9.23 Å². The molecule has 1 aromatic rings. The average molecular weight is 353 g/mol. The maximum absolute atomic E-state index is 5.96. The summed E-state index contributed by atoms with van der Waals surface area (Å²) in [6, 6.07) is 8.72. The second kappa shape index (κ2) is 5.95. The van der Waals surface area contributed by atoms with Crippen molar-refractivity contribution in [2.24, 2.45) is 10.8 Å². The van der Waals surface area contributed by atoms with Crippen LogP contribution in [0.1, 0.15) is 59.4 Å². The lowest BCUT2D eigenvalue weighted by atomic mass is 9.72. The summed E-state index contributed by atoms with van der Waals surface area (Å²) in [4.78, 5) is 0. The molecule has 0 N–H and O–H groups in total. The van der Waals surface area contributed by atoms with Gasteiger partial charge in [0.25, 0.3) is 0 Å². The van der Waals surface area contributed by atoms with E-state index in [0.29, 0.717) is 10.8 Å². The molecule has 21 heavy (non-hydrogen) atoms. The molecule has 1 nitrogen and oxygen atoms in total. The van der Waals surface area contributed by atoms with Crippen molar-refractivity contribution in [1.82, 2.24) is 0 Å². The van der Waals surface area contributed by atoms with E-state index in [9.17, 15) is 0 Å². The second-order valence-corrected chi connectivity index (χ2v) is 9.13. The Morgan fingerprint density at radius 1 is 1.05 bits per heavy atom. The van der Waals surface area contributed by atoms with Crippen LogP contribution in [0.25, 0.3) is 0 Å². The molecule has 118 valence electrons. The summed E-state index contributed by atoms with van der Waals surface area (Å²) in [5, 5.41) is 1.05. The third-order valence-electron chi connectivity index (χ3n) is 4.39. The average Bonchev–Trinajstić information content (AvgIpc) is 3.15.